The Labute approximate surface area is 131 Å². The molecule has 1 aliphatic heterocycles. The highest BCUT2D eigenvalue weighted by atomic mass is 16.5. The second-order valence-corrected chi connectivity index (χ2v) is 6.22. The van der Waals surface area contributed by atoms with Gasteiger partial charge in [0.2, 0.25) is 0 Å². The van der Waals surface area contributed by atoms with Crippen molar-refractivity contribution in [1.82, 2.24) is 4.90 Å². The van der Waals surface area contributed by atoms with Crippen molar-refractivity contribution >= 4 is 11.6 Å². The third-order valence-corrected chi connectivity index (χ3v) is 4.63. The van der Waals surface area contributed by atoms with Crippen LogP contribution in [0.15, 0.2) is 30.3 Å². The van der Waals surface area contributed by atoms with E-state index in [1.807, 2.05) is 30.3 Å². The van der Waals surface area contributed by atoms with Crippen LogP contribution in [0, 0.1) is 0 Å². The monoisotopic (exact) mass is 301 g/mol. The average Bonchev–Trinajstić information content (AvgIpc) is 2.96. The molecule has 0 bridgehead atoms. The number of ether oxygens (including phenoxy) is 1. The fraction of sp³-hybridized carbons (Fsp3) is 0.556. The Kier molecular flexibility index (Phi) is 5.01. The zero-order chi connectivity index (χ0) is 15.4. The topological polar surface area (TPSA) is 46.6 Å². The van der Waals surface area contributed by atoms with E-state index in [1.165, 1.54) is 0 Å². The van der Waals surface area contributed by atoms with Crippen molar-refractivity contribution < 1.29 is 14.3 Å². The van der Waals surface area contributed by atoms with Gasteiger partial charge in [-0.15, -0.1) is 0 Å². The van der Waals surface area contributed by atoms with Gasteiger partial charge >= 0.3 is 0 Å². The molecule has 1 saturated carbocycles. The number of benzene rings is 1. The molecule has 1 saturated heterocycles. The van der Waals surface area contributed by atoms with E-state index < -0.39 is 6.04 Å². The number of hydrogen-bond acceptors (Lipinski definition) is 4. The Balaban J connectivity index is 1.56. The van der Waals surface area contributed by atoms with Crippen LogP contribution in [0.2, 0.25) is 0 Å². The molecular formula is C18H23NO3. The van der Waals surface area contributed by atoms with Gasteiger partial charge in [-0.2, -0.15) is 0 Å². The molecule has 0 N–H and O–H groups in total. The lowest BCUT2D eigenvalue weighted by molar-refractivity contribution is -0.138. The lowest BCUT2D eigenvalue weighted by atomic mass is 9.91. The molecule has 1 aromatic carbocycles. The third-order valence-electron chi connectivity index (χ3n) is 4.63. The molecule has 0 radical (unpaired) electrons. The van der Waals surface area contributed by atoms with E-state index >= 15 is 0 Å². The van der Waals surface area contributed by atoms with Gasteiger partial charge in [-0.1, -0.05) is 30.3 Å². The van der Waals surface area contributed by atoms with Crippen LogP contribution in [-0.4, -0.2) is 41.7 Å². The molecule has 1 aromatic rings. The van der Waals surface area contributed by atoms with Crippen molar-refractivity contribution in [2.75, 3.05) is 13.2 Å². The molecule has 0 spiro atoms. The number of nitrogens with zero attached hydrogens (tertiary/aromatic N) is 1. The Morgan fingerprint density at radius 3 is 2.50 bits per heavy atom. The summed E-state index contributed by atoms with van der Waals surface area (Å²) in [5.74, 6) is 0.206. The first-order chi connectivity index (χ1) is 10.8. The smallest absolute Gasteiger partial charge is 0.157 e. The van der Waals surface area contributed by atoms with E-state index in [0.29, 0.717) is 26.1 Å². The van der Waals surface area contributed by atoms with E-state index in [9.17, 15) is 9.59 Å². The molecular weight excluding hydrogens is 278 g/mol. The van der Waals surface area contributed by atoms with Gasteiger partial charge in [-0.25, -0.2) is 0 Å². The standard InChI is InChI=1S/C18H23NO3/c20-16-9-4-10-17(21)18(16)19-11-5-8-15(19)13-22-12-14-6-2-1-3-7-14/h1-3,6-7,15,18H,4-5,8-13H2/t15-/m0/s1. The van der Waals surface area contributed by atoms with Crippen molar-refractivity contribution in [2.45, 2.75) is 50.8 Å². The third kappa shape index (κ3) is 3.45. The van der Waals surface area contributed by atoms with E-state index in [1.54, 1.807) is 0 Å². The summed E-state index contributed by atoms with van der Waals surface area (Å²) in [4.78, 5) is 26.4. The number of hydrogen-bond donors (Lipinski definition) is 0. The fourth-order valence-electron chi connectivity index (χ4n) is 3.52. The molecule has 2 fully saturated rings. The highest BCUT2D eigenvalue weighted by molar-refractivity contribution is 6.08. The van der Waals surface area contributed by atoms with E-state index in [0.717, 1.165) is 31.4 Å². The minimum Gasteiger partial charge on any atom is -0.375 e. The van der Waals surface area contributed by atoms with Crippen LogP contribution in [0.25, 0.3) is 0 Å². The summed E-state index contributed by atoms with van der Waals surface area (Å²) in [6.07, 6.45) is 3.86. The van der Waals surface area contributed by atoms with Crippen LogP contribution >= 0.6 is 0 Å². The summed E-state index contributed by atoms with van der Waals surface area (Å²) in [7, 11) is 0. The van der Waals surface area contributed by atoms with Crippen LogP contribution in [0.3, 0.4) is 0 Å². The largest absolute Gasteiger partial charge is 0.375 e. The van der Waals surface area contributed by atoms with Gasteiger partial charge in [0, 0.05) is 18.9 Å². The number of carbonyl (C=O) groups excluding carboxylic acids is 2. The molecule has 1 heterocycles. The molecule has 1 aliphatic carbocycles. The number of Topliss-reactive ketones (excluding diaryl/α,β-unsaturated/α-hetero) is 2. The molecule has 2 aliphatic rings. The van der Waals surface area contributed by atoms with E-state index in [4.69, 9.17) is 4.74 Å². The summed E-state index contributed by atoms with van der Waals surface area (Å²) in [6.45, 7) is 2.01. The Morgan fingerprint density at radius 2 is 1.77 bits per heavy atom. The van der Waals surface area contributed by atoms with Gasteiger partial charge in [0.1, 0.15) is 6.04 Å². The number of carbonyl (C=O) groups is 2. The Bertz CT molecular complexity index is 512. The minimum absolute atomic E-state index is 0.103. The molecule has 1 atom stereocenters. The van der Waals surface area contributed by atoms with Crippen LogP contribution in [0.4, 0.5) is 0 Å². The van der Waals surface area contributed by atoms with Gasteiger partial charge in [-0.05, 0) is 31.4 Å². The predicted octanol–water partition coefficient (Wildman–Crippen LogP) is 2.36. The summed E-state index contributed by atoms with van der Waals surface area (Å²) < 4.78 is 5.83. The zero-order valence-electron chi connectivity index (χ0n) is 12.9. The maximum atomic E-state index is 12.1. The fourth-order valence-corrected chi connectivity index (χ4v) is 3.52. The van der Waals surface area contributed by atoms with Crippen molar-refractivity contribution in [2.24, 2.45) is 0 Å². The van der Waals surface area contributed by atoms with E-state index in [2.05, 4.69) is 4.90 Å². The van der Waals surface area contributed by atoms with E-state index in [-0.39, 0.29) is 17.6 Å². The average molecular weight is 301 g/mol. The first-order valence-electron chi connectivity index (χ1n) is 8.18. The van der Waals surface area contributed by atoms with Gasteiger partial charge in [0.25, 0.3) is 0 Å². The predicted molar refractivity (Wildman–Crippen MR) is 83.5 cm³/mol. The SMILES string of the molecule is O=C1CCCC(=O)C1N1CCC[C@H]1COCc1ccccc1. The molecule has 118 valence electrons. The Hall–Kier alpha value is -1.52. The second-order valence-electron chi connectivity index (χ2n) is 6.22. The van der Waals surface area contributed by atoms with Crippen molar-refractivity contribution in [3.63, 3.8) is 0 Å². The van der Waals surface area contributed by atoms with Crippen molar-refractivity contribution in [3.8, 4) is 0 Å². The molecule has 4 heteroatoms. The van der Waals surface area contributed by atoms with Gasteiger partial charge < -0.3 is 4.74 Å². The van der Waals surface area contributed by atoms with Crippen LogP contribution in [0.1, 0.15) is 37.7 Å². The zero-order valence-corrected chi connectivity index (χ0v) is 12.9. The highest BCUT2D eigenvalue weighted by Crippen LogP contribution is 2.26. The first-order valence-corrected chi connectivity index (χ1v) is 8.18. The second kappa shape index (κ2) is 7.16. The summed E-state index contributed by atoms with van der Waals surface area (Å²) >= 11 is 0. The number of likely N-dealkylation sites (tertiary alicyclic amines) is 1. The molecule has 22 heavy (non-hydrogen) atoms. The van der Waals surface area contributed by atoms with Crippen LogP contribution < -0.4 is 0 Å². The Morgan fingerprint density at radius 1 is 1.05 bits per heavy atom. The first kappa shape index (κ1) is 15.4. The van der Waals surface area contributed by atoms with Gasteiger partial charge in [0.15, 0.2) is 11.6 Å². The van der Waals surface area contributed by atoms with Crippen LogP contribution in [0.5, 0.6) is 0 Å². The lowest BCUT2D eigenvalue weighted by Crippen LogP contribution is -2.51. The summed E-state index contributed by atoms with van der Waals surface area (Å²) in [5.41, 5.74) is 1.15. The lowest BCUT2D eigenvalue weighted by Gasteiger charge is -2.33. The maximum absolute atomic E-state index is 12.1. The molecule has 4 nitrogen and oxygen atoms in total. The maximum Gasteiger partial charge on any atom is 0.157 e. The van der Waals surface area contributed by atoms with Crippen LogP contribution in [-0.2, 0) is 20.9 Å². The molecule has 0 amide bonds. The molecule has 3 rings (SSSR count). The molecule has 0 aromatic heterocycles. The minimum atomic E-state index is -0.499. The number of rotatable bonds is 5. The highest BCUT2D eigenvalue weighted by Gasteiger charge is 2.40. The van der Waals surface area contributed by atoms with Gasteiger partial charge in [0.05, 0.1) is 13.2 Å². The quantitative estimate of drug-likeness (QED) is 0.783. The van der Waals surface area contributed by atoms with Gasteiger partial charge in [-0.3, -0.25) is 14.5 Å². The van der Waals surface area contributed by atoms with Crippen molar-refractivity contribution in [1.29, 1.82) is 0 Å². The molecule has 0 unspecified atom stereocenters. The summed E-state index contributed by atoms with van der Waals surface area (Å²) in [5, 5.41) is 0. The summed E-state index contributed by atoms with van der Waals surface area (Å²) in [6, 6.07) is 9.77. The van der Waals surface area contributed by atoms with Crippen molar-refractivity contribution in [3.05, 3.63) is 35.9 Å². The normalized spacial score (nSPS) is 24.1. The number of ketones is 2.